The molecule has 1 N–H and O–H groups in total. The topological polar surface area (TPSA) is 45.6 Å². The maximum absolute atomic E-state index is 9.57. The van der Waals surface area contributed by atoms with Crippen LogP contribution in [0.1, 0.15) is 11.8 Å². The number of aliphatic hydroxyl groups excluding tert-OH is 1. The van der Waals surface area contributed by atoms with Crippen molar-refractivity contribution in [2.45, 2.75) is 19.6 Å². The minimum atomic E-state index is 0.0296. The number of aromatic nitrogens is 1. The van der Waals surface area contributed by atoms with E-state index in [1.165, 1.54) is 0 Å². The average Bonchev–Trinajstić information content (AvgIpc) is 2.92. The Hall–Kier alpha value is -1.43. The molecule has 106 valence electrons. The lowest BCUT2D eigenvalue weighted by molar-refractivity contribution is 0.0532. The molecule has 1 aliphatic heterocycles. The summed E-state index contributed by atoms with van der Waals surface area (Å²) in [5, 5.41) is 10.5. The molecule has 20 heavy (non-hydrogen) atoms. The fourth-order valence-corrected chi connectivity index (χ4v) is 3.37. The van der Waals surface area contributed by atoms with Gasteiger partial charge in [0.15, 0.2) is 5.13 Å². The minimum Gasteiger partial charge on any atom is -0.391 e. The maximum atomic E-state index is 9.57. The number of ether oxygens (including phenoxy) is 1. The average molecular weight is 290 g/mol. The number of morpholine rings is 1. The van der Waals surface area contributed by atoms with E-state index in [4.69, 9.17) is 9.72 Å². The van der Waals surface area contributed by atoms with Crippen LogP contribution in [0.4, 0.5) is 5.13 Å². The van der Waals surface area contributed by atoms with Crippen LogP contribution < -0.4 is 4.90 Å². The van der Waals surface area contributed by atoms with Gasteiger partial charge in [0.1, 0.15) is 0 Å². The third kappa shape index (κ3) is 2.70. The molecule has 3 rings (SSSR count). The molecule has 1 saturated heterocycles. The zero-order chi connectivity index (χ0) is 13.9. The van der Waals surface area contributed by atoms with Gasteiger partial charge in [0.25, 0.3) is 0 Å². The molecular formula is C15H18N2O2S. The van der Waals surface area contributed by atoms with Crippen molar-refractivity contribution < 1.29 is 9.84 Å². The second-order valence-electron chi connectivity index (χ2n) is 4.92. The summed E-state index contributed by atoms with van der Waals surface area (Å²) in [7, 11) is 0. The van der Waals surface area contributed by atoms with Crippen molar-refractivity contribution in [2.24, 2.45) is 0 Å². The van der Waals surface area contributed by atoms with E-state index < -0.39 is 0 Å². The van der Waals surface area contributed by atoms with Crippen molar-refractivity contribution >= 4 is 16.5 Å². The smallest absolute Gasteiger partial charge is 0.186 e. The Morgan fingerprint density at radius 2 is 2.20 bits per heavy atom. The predicted molar refractivity (Wildman–Crippen MR) is 81.1 cm³/mol. The second kappa shape index (κ2) is 5.91. The standard InChI is InChI=1S/C15H18N2O2S/c1-11-9-17(7-8-19-11)15-16-14(13(10-18)20-15)12-5-3-2-4-6-12/h2-6,11,18H,7-10H2,1H3. The lowest BCUT2D eigenvalue weighted by Gasteiger charge is -2.30. The largest absolute Gasteiger partial charge is 0.391 e. The number of thiazole rings is 1. The first kappa shape index (κ1) is 13.5. The molecule has 0 spiro atoms. The van der Waals surface area contributed by atoms with Crippen LogP contribution in [0.15, 0.2) is 30.3 Å². The molecule has 1 unspecified atom stereocenters. The molecule has 2 aromatic rings. The van der Waals surface area contributed by atoms with Gasteiger partial charge in [-0.05, 0) is 6.92 Å². The van der Waals surface area contributed by atoms with Crippen molar-refractivity contribution in [1.82, 2.24) is 4.98 Å². The molecule has 0 aliphatic carbocycles. The Labute approximate surface area is 122 Å². The van der Waals surface area contributed by atoms with E-state index in [0.29, 0.717) is 0 Å². The van der Waals surface area contributed by atoms with E-state index in [1.807, 2.05) is 30.3 Å². The highest BCUT2D eigenvalue weighted by molar-refractivity contribution is 7.16. The third-order valence-corrected chi connectivity index (χ3v) is 4.49. The highest BCUT2D eigenvalue weighted by Crippen LogP contribution is 2.33. The molecule has 0 saturated carbocycles. The van der Waals surface area contributed by atoms with Gasteiger partial charge >= 0.3 is 0 Å². The normalized spacial score (nSPS) is 19.3. The molecule has 0 radical (unpaired) electrons. The molecule has 1 aromatic carbocycles. The van der Waals surface area contributed by atoms with Crippen LogP contribution in [0, 0.1) is 0 Å². The second-order valence-corrected chi connectivity index (χ2v) is 5.98. The molecule has 2 heterocycles. The lowest BCUT2D eigenvalue weighted by atomic mass is 10.1. The molecule has 1 aliphatic rings. The molecule has 1 aromatic heterocycles. The summed E-state index contributed by atoms with van der Waals surface area (Å²) in [6.07, 6.45) is 0.227. The number of rotatable bonds is 3. The van der Waals surface area contributed by atoms with Crippen molar-refractivity contribution in [2.75, 3.05) is 24.6 Å². The van der Waals surface area contributed by atoms with Gasteiger partial charge in [-0.2, -0.15) is 0 Å². The molecular weight excluding hydrogens is 272 g/mol. The van der Waals surface area contributed by atoms with E-state index in [2.05, 4.69) is 11.8 Å². The van der Waals surface area contributed by atoms with E-state index in [-0.39, 0.29) is 12.7 Å². The monoisotopic (exact) mass is 290 g/mol. The summed E-state index contributed by atoms with van der Waals surface area (Å²) in [6.45, 7) is 4.55. The van der Waals surface area contributed by atoms with E-state index in [9.17, 15) is 5.11 Å². The van der Waals surface area contributed by atoms with Gasteiger partial charge in [-0.1, -0.05) is 41.7 Å². The van der Waals surface area contributed by atoms with Crippen LogP contribution in [0.2, 0.25) is 0 Å². The Kier molecular flexibility index (Phi) is 4.00. The van der Waals surface area contributed by atoms with Gasteiger partial charge in [0.05, 0.1) is 29.9 Å². The Morgan fingerprint density at radius 1 is 1.40 bits per heavy atom. The lowest BCUT2D eigenvalue weighted by Crippen LogP contribution is -2.41. The molecule has 5 heteroatoms. The van der Waals surface area contributed by atoms with Crippen LogP contribution in [0.25, 0.3) is 11.3 Å². The zero-order valence-electron chi connectivity index (χ0n) is 11.5. The van der Waals surface area contributed by atoms with Gasteiger partial charge in [-0.3, -0.25) is 0 Å². The number of hydrogen-bond acceptors (Lipinski definition) is 5. The summed E-state index contributed by atoms with van der Waals surface area (Å²) in [6, 6.07) is 10.0. The number of aliphatic hydroxyl groups is 1. The highest BCUT2D eigenvalue weighted by atomic mass is 32.1. The Morgan fingerprint density at radius 3 is 2.90 bits per heavy atom. The summed E-state index contributed by atoms with van der Waals surface area (Å²) in [5.74, 6) is 0. The summed E-state index contributed by atoms with van der Waals surface area (Å²) < 4.78 is 5.56. The Bertz CT molecular complexity index is 571. The van der Waals surface area contributed by atoms with Crippen molar-refractivity contribution in [1.29, 1.82) is 0 Å². The van der Waals surface area contributed by atoms with Crippen LogP contribution in [0.3, 0.4) is 0 Å². The highest BCUT2D eigenvalue weighted by Gasteiger charge is 2.21. The zero-order valence-corrected chi connectivity index (χ0v) is 12.3. The van der Waals surface area contributed by atoms with Crippen molar-refractivity contribution in [3.05, 3.63) is 35.2 Å². The van der Waals surface area contributed by atoms with E-state index >= 15 is 0 Å². The number of nitrogens with zero attached hydrogens (tertiary/aromatic N) is 2. The number of hydrogen-bond donors (Lipinski definition) is 1. The van der Waals surface area contributed by atoms with Gasteiger partial charge < -0.3 is 14.7 Å². The van der Waals surface area contributed by atoms with E-state index in [1.54, 1.807) is 11.3 Å². The molecule has 1 atom stereocenters. The first-order chi connectivity index (χ1) is 9.78. The summed E-state index contributed by atoms with van der Waals surface area (Å²) in [5.41, 5.74) is 1.95. The minimum absolute atomic E-state index is 0.0296. The van der Waals surface area contributed by atoms with Crippen molar-refractivity contribution in [3.63, 3.8) is 0 Å². The Balaban J connectivity index is 1.92. The van der Waals surface area contributed by atoms with Gasteiger partial charge in [-0.15, -0.1) is 0 Å². The van der Waals surface area contributed by atoms with Crippen LogP contribution >= 0.6 is 11.3 Å². The number of anilines is 1. The van der Waals surface area contributed by atoms with Crippen LogP contribution in [0.5, 0.6) is 0 Å². The van der Waals surface area contributed by atoms with Gasteiger partial charge in [0.2, 0.25) is 0 Å². The molecule has 0 amide bonds. The van der Waals surface area contributed by atoms with E-state index in [0.717, 1.165) is 41.0 Å². The van der Waals surface area contributed by atoms with Crippen LogP contribution in [-0.4, -0.2) is 35.9 Å². The van der Waals surface area contributed by atoms with Gasteiger partial charge in [0, 0.05) is 18.7 Å². The molecule has 4 nitrogen and oxygen atoms in total. The predicted octanol–water partition coefficient (Wildman–Crippen LogP) is 2.53. The fourth-order valence-electron chi connectivity index (χ4n) is 2.40. The molecule has 0 bridgehead atoms. The number of benzene rings is 1. The first-order valence-corrected chi connectivity index (χ1v) is 7.62. The van der Waals surface area contributed by atoms with Crippen LogP contribution in [-0.2, 0) is 11.3 Å². The fraction of sp³-hybridized carbons (Fsp3) is 0.400. The van der Waals surface area contributed by atoms with Gasteiger partial charge in [-0.25, -0.2) is 4.98 Å². The SMILES string of the molecule is CC1CN(c2nc(-c3ccccc3)c(CO)s2)CCO1. The van der Waals surface area contributed by atoms with Crippen molar-refractivity contribution in [3.8, 4) is 11.3 Å². The maximum Gasteiger partial charge on any atom is 0.186 e. The third-order valence-electron chi connectivity index (χ3n) is 3.39. The molecule has 1 fully saturated rings. The first-order valence-electron chi connectivity index (χ1n) is 6.80. The summed E-state index contributed by atoms with van der Waals surface area (Å²) >= 11 is 1.57. The summed E-state index contributed by atoms with van der Waals surface area (Å²) in [4.78, 5) is 7.90. The quantitative estimate of drug-likeness (QED) is 0.943.